The third-order valence-electron chi connectivity index (χ3n) is 12.5. The second kappa shape index (κ2) is 14.0. The highest BCUT2D eigenvalue weighted by Crippen LogP contribution is 2.45. The molecule has 0 bridgehead atoms. The quantitative estimate of drug-likeness (QED) is 0.161. The highest BCUT2D eigenvalue weighted by atomic mass is 16.3. The lowest BCUT2D eigenvalue weighted by molar-refractivity contribution is 0.668. The Bertz CT molecular complexity index is 3880. The molecule has 5 heteroatoms. The number of aromatic nitrogens is 1. The van der Waals surface area contributed by atoms with E-state index in [9.17, 15) is 0 Å². The number of anilines is 6. The van der Waals surface area contributed by atoms with E-state index in [1.807, 2.05) is 12.1 Å². The molecule has 0 aliphatic heterocycles. The van der Waals surface area contributed by atoms with Crippen LogP contribution < -0.4 is 9.80 Å². The molecule has 10 aromatic carbocycles. The number of hydrogen-bond donors (Lipinski definition) is 0. The molecule has 0 saturated heterocycles. The Hall–Kier alpha value is -8.54. The number of hydrogen-bond acceptors (Lipinski definition) is 4. The van der Waals surface area contributed by atoms with Crippen molar-refractivity contribution in [1.82, 2.24) is 4.57 Å². The molecular weight excluding hydrogens is 771 g/mol. The molecule has 0 spiro atoms. The molecule has 0 aliphatic carbocycles. The average Bonchev–Trinajstić information content (AvgIpc) is 4.02. The molecule has 63 heavy (non-hydrogen) atoms. The third-order valence-corrected chi connectivity index (χ3v) is 12.5. The molecule has 0 unspecified atom stereocenters. The van der Waals surface area contributed by atoms with Gasteiger partial charge in [-0.05, 0) is 120 Å². The van der Waals surface area contributed by atoms with Crippen LogP contribution in [0.4, 0.5) is 34.1 Å². The summed E-state index contributed by atoms with van der Waals surface area (Å²) < 4.78 is 15.2. The van der Waals surface area contributed by atoms with Crippen LogP contribution in [0, 0.1) is 0 Å². The van der Waals surface area contributed by atoms with Gasteiger partial charge in [0.2, 0.25) is 0 Å². The summed E-state index contributed by atoms with van der Waals surface area (Å²) in [4.78, 5) is 4.72. The van der Waals surface area contributed by atoms with Gasteiger partial charge in [0, 0.05) is 72.1 Å². The maximum absolute atomic E-state index is 6.46. The molecule has 0 amide bonds. The van der Waals surface area contributed by atoms with Crippen LogP contribution in [0.15, 0.2) is 233 Å². The molecule has 13 rings (SSSR count). The number of para-hydroxylation sites is 4. The first-order valence-corrected chi connectivity index (χ1v) is 21.3. The maximum atomic E-state index is 6.46. The van der Waals surface area contributed by atoms with E-state index in [4.69, 9.17) is 8.83 Å². The van der Waals surface area contributed by atoms with Crippen LogP contribution in [0.1, 0.15) is 0 Å². The Morgan fingerprint density at radius 3 is 1.62 bits per heavy atom. The summed E-state index contributed by atoms with van der Waals surface area (Å²) in [5.74, 6) is 0. The van der Waals surface area contributed by atoms with Crippen LogP contribution in [0.2, 0.25) is 0 Å². The molecule has 5 nitrogen and oxygen atoms in total. The van der Waals surface area contributed by atoms with Gasteiger partial charge in [0.25, 0.3) is 0 Å². The minimum Gasteiger partial charge on any atom is -0.456 e. The second-order valence-corrected chi connectivity index (χ2v) is 16.1. The topological polar surface area (TPSA) is 37.7 Å². The van der Waals surface area contributed by atoms with E-state index in [2.05, 4.69) is 227 Å². The Labute approximate surface area is 362 Å². The number of benzene rings is 10. The fourth-order valence-electron chi connectivity index (χ4n) is 9.72. The average molecular weight is 808 g/mol. The first kappa shape index (κ1) is 35.2. The van der Waals surface area contributed by atoms with Crippen LogP contribution in [0.3, 0.4) is 0 Å². The van der Waals surface area contributed by atoms with Crippen molar-refractivity contribution in [2.45, 2.75) is 0 Å². The minimum atomic E-state index is 0.860. The van der Waals surface area contributed by atoms with Crippen molar-refractivity contribution < 1.29 is 8.83 Å². The van der Waals surface area contributed by atoms with Crippen molar-refractivity contribution in [3.63, 3.8) is 0 Å². The Balaban J connectivity index is 1.04. The van der Waals surface area contributed by atoms with E-state index in [0.717, 1.165) is 89.2 Å². The van der Waals surface area contributed by atoms with Crippen molar-refractivity contribution in [2.75, 3.05) is 9.80 Å². The summed E-state index contributed by atoms with van der Waals surface area (Å²) >= 11 is 0. The summed E-state index contributed by atoms with van der Waals surface area (Å²) in [6.45, 7) is 0. The molecule has 296 valence electrons. The van der Waals surface area contributed by atoms with Gasteiger partial charge in [0.05, 0.1) is 11.0 Å². The lowest BCUT2D eigenvalue weighted by Gasteiger charge is -2.29. The van der Waals surface area contributed by atoms with Crippen LogP contribution in [0.5, 0.6) is 0 Å². The molecule has 0 saturated carbocycles. The zero-order chi connectivity index (χ0) is 41.4. The first-order valence-electron chi connectivity index (χ1n) is 21.3. The monoisotopic (exact) mass is 807 g/mol. The van der Waals surface area contributed by atoms with Gasteiger partial charge in [0.1, 0.15) is 22.3 Å². The van der Waals surface area contributed by atoms with E-state index < -0.39 is 0 Å². The summed E-state index contributed by atoms with van der Waals surface area (Å²) in [6, 6.07) is 79.8. The maximum Gasteiger partial charge on any atom is 0.136 e. The molecule has 0 N–H and O–H groups in total. The van der Waals surface area contributed by atoms with Crippen LogP contribution in [0.25, 0.3) is 82.1 Å². The van der Waals surface area contributed by atoms with Gasteiger partial charge >= 0.3 is 0 Å². The minimum absolute atomic E-state index is 0.860. The van der Waals surface area contributed by atoms with Crippen LogP contribution >= 0.6 is 0 Å². The highest BCUT2D eigenvalue weighted by Gasteiger charge is 2.22. The molecule has 0 atom stereocenters. The number of nitrogens with zero attached hydrogens (tertiary/aromatic N) is 3. The highest BCUT2D eigenvalue weighted by molar-refractivity contribution is 6.19. The zero-order valence-electron chi connectivity index (χ0n) is 34.0. The van der Waals surface area contributed by atoms with E-state index in [1.54, 1.807) is 0 Å². The van der Waals surface area contributed by atoms with Gasteiger partial charge in [-0.2, -0.15) is 0 Å². The van der Waals surface area contributed by atoms with Crippen molar-refractivity contribution in [1.29, 1.82) is 0 Å². The fraction of sp³-hybridized carbons (Fsp3) is 0. The van der Waals surface area contributed by atoms with Crippen molar-refractivity contribution in [3.8, 4) is 5.69 Å². The van der Waals surface area contributed by atoms with Crippen LogP contribution in [-0.2, 0) is 0 Å². The third kappa shape index (κ3) is 5.64. The predicted octanol–water partition coefficient (Wildman–Crippen LogP) is 16.7. The summed E-state index contributed by atoms with van der Waals surface area (Å²) in [7, 11) is 0. The normalized spacial score (nSPS) is 11.8. The van der Waals surface area contributed by atoms with Gasteiger partial charge in [-0.1, -0.05) is 115 Å². The molecule has 0 radical (unpaired) electrons. The largest absolute Gasteiger partial charge is 0.456 e. The molecule has 3 aromatic heterocycles. The summed E-state index contributed by atoms with van der Waals surface area (Å²) in [6.07, 6.45) is 0. The molecular formula is C58H37N3O2. The standard InChI is InChI=1S/C58H37N3O2/c1-3-15-39(16-4-1)59(44-29-33-56-51(36-44)58-46-21-8-7-14-38(46)26-31-57(58)63-56)41-19-13-20-42(34-41)60(43-28-32-55-50(35-43)49-23-10-12-25-54(49)62-55)45-27-30-48-47-22-9-11-24-52(47)61(53(48)37-45)40-17-5-2-6-18-40/h1-37H. The lowest BCUT2D eigenvalue weighted by atomic mass is 10.0. The predicted molar refractivity (Wildman–Crippen MR) is 262 cm³/mol. The number of furan rings is 2. The van der Waals surface area contributed by atoms with Crippen molar-refractivity contribution in [3.05, 3.63) is 224 Å². The van der Waals surface area contributed by atoms with Gasteiger partial charge in [-0.3, -0.25) is 0 Å². The molecule has 13 aromatic rings. The Morgan fingerprint density at radius 1 is 0.286 bits per heavy atom. The van der Waals surface area contributed by atoms with Gasteiger partial charge < -0.3 is 23.2 Å². The van der Waals surface area contributed by atoms with E-state index in [-0.39, 0.29) is 0 Å². The smallest absolute Gasteiger partial charge is 0.136 e. The SMILES string of the molecule is c1ccc(N(c2cccc(N(c3ccc4oc5ccccc5c4c3)c3ccc4c5ccccc5n(-c5ccccc5)c4c3)c2)c2ccc3oc4ccc5ccccc5c4c3c2)cc1. The van der Waals surface area contributed by atoms with E-state index in [1.165, 1.54) is 27.1 Å². The second-order valence-electron chi connectivity index (χ2n) is 16.1. The van der Waals surface area contributed by atoms with Gasteiger partial charge in [-0.25, -0.2) is 0 Å². The lowest BCUT2D eigenvalue weighted by Crippen LogP contribution is -2.13. The molecule has 0 aliphatic rings. The van der Waals surface area contributed by atoms with E-state index in [0.29, 0.717) is 0 Å². The van der Waals surface area contributed by atoms with Gasteiger partial charge in [0.15, 0.2) is 0 Å². The Morgan fingerprint density at radius 2 is 0.810 bits per heavy atom. The van der Waals surface area contributed by atoms with E-state index >= 15 is 0 Å². The first-order chi connectivity index (χ1) is 31.2. The van der Waals surface area contributed by atoms with Crippen LogP contribution in [-0.4, -0.2) is 4.57 Å². The Kier molecular flexibility index (Phi) is 7.84. The van der Waals surface area contributed by atoms with Gasteiger partial charge in [-0.15, -0.1) is 0 Å². The summed E-state index contributed by atoms with van der Waals surface area (Å²) in [5, 5.41) is 9.17. The summed E-state index contributed by atoms with van der Waals surface area (Å²) in [5.41, 5.74) is 13.1. The molecule has 3 heterocycles. The number of fused-ring (bicyclic) bond motifs is 11. The fourth-order valence-corrected chi connectivity index (χ4v) is 9.72. The number of rotatable bonds is 7. The van der Waals surface area contributed by atoms with Crippen molar-refractivity contribution >= 4 is 111 Å². The van der Waals surface area contributed by atoms with Crippen molar-refractivity contribution in [2.24, 2.45) is 0 Å². The zero-order valence-corrected chi connectivity index (χ0v) is 34.0. The molecule has 0 fully saturated rings.